The van der Waals surface area contributed by atoms with E-state index in [1.165, 1.54) is 6.21 Å². The molecule has 0 saturated carbocycles. The standard InChI is InChI=1S/C11H12ClNO2/c1-2-15-11(14)6-7-13-10-5-3-4-9(12)8-10/h3-5,7-8H,2,6H2,1H3. The first-order valence-corrected chi connectivity index (χ1v) is 5.04. The molecule has 0 aromatic heterocycles. The van der Waals surface area contributed by atoms with Crippen LogP contribution in [0.3, 0.4) is 0 Å². The Labute approximate surface area is 93.7 Å². The molecule has 0 atom stereocenters. The molecular formula is C11H12ClNO2. The van der Waals surface area contributed by atoms with Gasteiger partial charge in [-0.05, 0) is 25.1 Å². The lowest BCUT2D eigenvalue weighted by molar-refractivity contribution is -0.141. The number of nitrogens with zero attached hydrogens (tertiary/aromatic N) is 1. The summed E-state index contributed by atoms with van der Waals surface area (Å²) >= 11 is 5.77. The van der Waals surface area contributed by atoms with Crippen LogP contribution >= 0.6 is 11.6 Å². The predicted molar refractivity (Wildman–Crippen MR) is 60.9 cm³/mol. The van der Waals surface area contributed by atoms with Gasteiger partial charge in [-0.15, -0.1) is 0 Å². The van der Waals surface area contributed by atoms with Gasteiger partial charge in [0, 0.05) is 11.2 Å². The van der Waals surface area contributed by atoms with Gasteiger partial charge in [0.15, 0.2) is 0 Å². The highest BCUT2D eigenvalue weighted by Gasteiger charge is 1.97. The molecule has 1 rings (SSSR count). The summed E-state index contributed by atoms with van der Waals surface area (Å²) in [5, 5.41) is 0.626. The summed E-state index contributed by atoms with van der Waals surface area (Å²) in [6.07, 6.45) is 1.70. The van der Waals surface area contributed by atoms with Gasteiger partial charge in [-0.3, -0.25) is 9.79 Å². The van der Waals surface area contributed by atoms with Crippen LogP contribution in [0.1, 0.15) is 13.3 Å². The number of aliphatic imine (C=N–C) groups is 1. The van der Waals surface area contributed by atoms with E-state index in [9.17, 15) is 4.79 Å². The zero-order chi connectivity index (χ0) is 11.1. The van der Waals surface area contributed by atoms with Gasteiger partial charge in [0.1, 0.15) is 0 Å². The van der Waals surface area contributed by atoms with Crippen molar-refractivity contribution >= 4 is 29.5 Å². The van der Waals surface area contributed by atoms with E-state index in [4.69, 9.17) is 16.3 Å². The minimum atomic E-state index is -0.275. The highest BCUT2D eigenvalue weighted by molar-refractivity contribution is 6.30. The van der Waals surface area contributed by atoms with E-state index in [0.29, 0.717) is 11.6 Å². The molecule has 0 spiro atoms. The molecule has 0 amide bonds. The van der Waals surface area contributed by atoms with Crippen molar-refractivity contribution in [3.63, 3.8) is 0 Å². The summed E-state index contributed by atoms with van der Waals surface area (Å²) < 4.78 is 4.75. The molecule has 0 radical (unpaired) electrons. The van der Waals surface area contributed by atoms with Gasteiger partial charge in [0.2, 0.25) is 0 Å². The molecular weight excluding hydrogens is 214 g/mol. The van der Waals surface area contributed by atoms with Crippen LogP contribution < -0.4 is 0 Å². The molecule has 0 bridgehead atoms. The highest BCUT2D eigenvalue weighted by atomic mass is 35.5. The monoisotopic (exact) mass is 225 g/mol. The summed E-state index contributed by atoms with van der Waals surface area (Å²) in [4.78, 5) is 15.0. The number of hydrogen-bond acceptors (Lipinski definition) is 3. The Morgan fingerprint density at radius 2 is 2.40 bits per heavy atom. The van der Waals surface area contributed by atoms with Crippen LogP contribution in [-0.2, 0) is 9.53 Å². The van der Waals surface area contributed by atoms with Gasteiger partial charge in [0.05, 0.1) is 18.7 Å². The fourth-order valence-corrected chi connectivity index (χ4v) is 1.19. The van der Waals surface area contributed by atoms with E-state index in [2.05, 4.69) is 4.99 Å². The smallest absolute Gasteiger partial charge is 0.311 e. The Morgan fingerprint density at radius 1 is 1.60 bits per heavy atom. The van der Waals surface area contributed by atoms with Crippen molar-refractivity contribution in [2.75, 3.05) is 6.61 Å². The molecule has 0 aliphatic heterocycles. The fraction of sp³-hybridized carbons (Fsp3) is 0.273. The van der Waals surface area contributed by atoms with Crippen molar-refractivity contribution in [3.8, 4) is 0 Å². The number of rotatable bonds is 4. The maximum Gasteiger partial charge on any atom is 0.311 e. The summed E-state index contributed by atoms with van der Waals surface area (Å²) in [6.45, 7) is 2.16. The molecule has 0 unspecified atom stereocenters. The van der Waals surface area contributed by atoms with E-state index >= 15 is 0 Å². The Balaban J connectivity index is 2.48. The van der Waals surface area contributed by atoms with Crippen LogP contribution in [0.2, 0.25) is 5.02 Å². The molecule has 0 heterocycles. The van der Waals surface area contributed by atoms with E-state index in [0.717, 1.165) is 5.69 Å². The second kappa shape index (κ2) is 6.19. The van der Waals surface area contributed by atoms with Crippen LogP contribution in [0.4, 0.5) is 5.69 Å². The average Bonchev–Trinajstić information content (AvgIpc) is 2.18. The van der Waals surface area contributed by atoms with Gasteiger partial charge in [-0.1, -0.05) is 17.7 Å². The van der Waals surface area contributed by atoms with Crippen molar-refractivity contribution in [3.05, 3.63) is 29.3 Å². The Bertz CT molecular complexity index is 363. The second-order valence-corrected chi connectivity index (χ2v) is 3.24. The minimum Gasteiger partial charge on any atom is -0.466 e. The first kappa shape index (κ1) is 11.7. The molecule has 1 aromatic rings. The zero-order valence-corrected chi connectivity index (χ0v) is 9.20. The first-order chi connectivity index (χ1) is 7.22. The van der Waals surface area contributed by atoms with Gasteiger partial charge in [-0.25, -0.2) is 0 Å². The van der Waals surface area contributed by atoms with Crippen LogP contribution in [-0.4, -0.2) is 18.8 Å². The summed E-state index contributed by atoms with van der Waals surface area (Å²) in [5.74, 6) is -0.275. The van der Waals surface area contributed by atoms with Gasteiger partial charge < -0.3 is 4.74 Å². The van der Waals surface area contributed by atoms with E-state index in [1.54, 1.807) is 25.1 Å². The molecule has 80 valence electrons. The van der Waals surface area contributed by atoms with Crippen LogP contribution in [0, 0.1) is 0 Å². The van der Waals surface area contributed by atoms with Crippen LogP contribution in [0.5, 0.6) is 0 Å². The molecule has 0 aliphatic carbocycles. The number of halogens is 1. The quantitative estimate of drug-likeness (QED) is 0.584. The number of hydrogen-bond donors (Lipinski definition) is 0. The van der Waals surface area contributed by atoms with Crippen LogP contribution in [0.25, 0.3) is 0 Å². The van der Waals surface area contributed by atoms with Crippen molar-refractivity contribution in [2.24, 2.45) is 4.99 Å². The molecule has 15 heavy (non-hydrogen) atoms. The predicted octanol–water partition coefficient (Wildman–Crippen LogP) is 3.00. The SMILES string of the molecule is CCOC(=O)CC=Nc1cccc(Cl)c1. The second-order valence-electron chi connectivity index (χ2n) is 2.80. The van der Waals surface area contributed by atoms with E-state index in [-0.39, 0.29) is 12.4 Å². The lowest BCUT2D eigenvalue weighted by Gasteiger charge is -1.96. The van der Waals surface area contributed by atoms with Crippen molar-refractivity contribution in [1.29, 1.82) is 0 Å². The van der Waals surface area contributed by atoms with Gasteiger partial charge in [-0.2, -0.15) is 0 Å². The summed E-state index contributed by atoms with van der Waals surface area (Å²) in [6, 6.07) is 7.11. The number of carbonyl (C=O) groups excluding carboxylic acids is 1. The Kier molecular flexibility index (Phi) is 4.84. The largest absolute Gasteiger partial charge is 0.466 e. The number of esters is 1. The first-order valence-electron chi connectivity index (χ1n) is 4.66. The molecule has 0 fully saturated rings. The average molecular weight is 226 g/mol. The van der Waals surface area contributed by atoms with Crippen molar-refractivity contribution < 1.29 is 9.53 Å². The van der Waals surface area contributed by atoms with Crippen molar-refractivity contribution in [1.82, 2.24) is 0 Å². The molecule has 3 nitrogen and oxygen atoms in total. The number of ether oxygens (including phenoxy) is 1. The summed E-state index contributed by atoms with van der Waals surface area (Å²) in [7, 11) is 0. The maximum atomic E-state index is 11.0. The van der Waals surface area contributed by atoms with Gasteiger partial charge in [0.25, 0.3) is 0 Å². The normalized spacial score (nSPS) is 10.5. The Hall–Kier alpha value is -1.35. The highest BCUT2D eigenvalue weighted by Crippen LogP contribution is 2.17. The Morgan fingerprint density at radius 3 is 3.07 bits per heavy atom. The van der Waals surface area contributed by atoms with Gasteiger partial charge >= 0.3 is 5.97 Å². The molecule has 0 aliphatic rings. The van der Waals surface area contributed by atoms with Crippen LogP contribution in [0.15, 0.2) is 29.3 Å². The van der Waals surface area contributed by atoms with E-state index < -0.39 is 0 Å². The third kappa shape index (κ3) is 4.61. The topological polar surface area (TPSA) is 38.7 Å². The third-order valence-electron chi connectivity index (χ3n) is 1.61. The minimum absolute atomic E-state index is 0.181. The molecule has 0 N–H and O–H groups in total. The maximum absolute atomic E-state index is 11.0. The lowest BCUT2D eigenvalue weighted by Crippen LogP contribution is -2.03. The zero-order valence-electron chi connectivity index (χ0n) is 8.44. The molecule has 0 saturated heterocycles. The van der Waals surface area contributed by atoms with Crippen molar-refractivity contribution in [2.45, 2.75) is 13.3 Å². The number of benzene rings is 1. The lowest BCUT2D eigenvalue weighted by atomic mass is 10.3. The molecule has 4 heteroatoms. The fourth-order valence-electron chi connectivity index (χ4n) is 1.00. The summed E-state index contributed by atoms with van der Waals surface area (Å²) in [5.41, 5.74) is 0.729. The third-order valence-corrected chi connectivity index (χ3v) is 1.85. The van der Waals surface area contributed by atoms with E-state index in [1.807, 2.05) is 6.07 Å². The number of carbonyl (C=O) groups is 1. The molecule has 1 aromatic carbocycles.